The molecule has 0 bridgehead atoms. The van der Waals surface area contributed by atoms with Crippen LogP contribution < -0.4 is 5.32 Å². The number of ether oxygens (including phenoxy) is 1. The van der Waals surface area contributed by atoms with E-state index in [1.165, 1.54) is 17.0 Å². The van der Waals surface area contributed by atoms with Gasteiger partial charge in [0.05, 0.1) is 17.7 Å². The molecule has 0 saturated carbocycles. The van der Waals surface area contributed by atoms with E-state index in [1.54, 1.807) is 6.92 Å². The average molecular weight is 359 g/mol. The third-order valence-electron chi connectivity index (χ3n) is 3.21. The van der Waals surface area contributed by atoms with Crippen LogP contribution in [0.2, 0.25) is 0 Å². The molecule has 7 heteroatoms. The molecular weight excluding hydrogens is 343 g/mol. The largest absolute Gasteiger partial charge is 0.377 e. The second-order valence-electron chi connectivity index (χ2n) is 4.61. The molecule has 21 heavy (non-hydrogen) atoms. The van der Waals surface area contributed by atoms with E-state index in [0.717, 1.165) is 6.07 Å². The van der Waals surface area contributed by atoms with Gasteiger partial charge in [0, 0.05) is 18.7 Å². The fraction of sp³-hybridized carbons (Fsp3) is 0.429. The van der Waals surface area contributed by atoms with Crippen LogP contribution in [0.3, 0.4) is 0 Å². The van der Waals surface area contributed by atoms with Gasteiger partial charge in [0.25, 0.3) is 5.91 Å². The third kappa shape index (κ3) is 3.59. The number of rotatable bonds is 3. The summed E-state index contributed by atoms with van der Waals surface area (Å²) in [6, 6.07) is 3.48. The van der Waals surface area contributed by atoms with Gasteiger partial charge in [-0.3, -0.25) is 9.59 Å². The van der Waals surface area contributed by atoms with E-state index in [-0.39, 0.29) is 24.0 Å². The molecule has 1 aromatic carbocycles. The summed E-state index contributed by atoms with van der Waals surface area (Å²) >= 11 is 3.05. The van der Waals surface area contributed by atoms with E-state index in [2.05, 4.69) is 21.2 Å². The Labute approximate surface area is 130 Å². The van der Waals surface area contributed by atoms with E-state index >= 15 is 0 Å². The predicted molar refractivity (Wildman–Crippen MR) is 78.4 cm³/mol. The zero-order chi connectivity index (χ0) is 15.4. The number of likely N-dealkylation sites (N-methyl/N-ethyl adjacent to an activating group) is 1. The van der Waals surface area contributed by atoms with Gasteiger partial charge in [0.15, 0.2) is 0 Å². The first-order chi connectivity index (χ1) is 10.0. The monoisotopic (exact) mass is 358 g/mol. The van der Waals surface area contributed by atoms with Crippen LogP contribution >= 0.6 is 15.9 Å². The lowest BCUT2D eigenvalue weighted by Gasteiger charge is -2.34. The Morgan fingerprint density at radius 1 is 1.52 bits per heavy atom. The number of morpholine rings is 1. The summed E-state index contributed by atoms with van der Waals surface area (Å²) in [6.07, 6.45) is 0. The summed E-state index contributed by atoms with van der Waals surface area (Å²) in [7, 11) is 0. The molecule has 2 rings (SSSR count). The summed E-state index contributed by atoms with van der Waals surface area (Å²) in [6.45, 7) is 3.09. The molecule has 1 aliphatic heterocycles. The summed E-state index contributed by atoms with van der Waals surface area (Å²) < 4.78 is 19.1. The van der Waals surface area contributed by atoms with Crippen LogP contribution in [-0.4, -0.2) is 49.1 Å². The second kappa shape index (κ2) is 7.00. The maximum absolute atomic E-state index is 13.6. The van der Waals surface area contributed by atoms with Gasteiger partial charge in [0.1, 0.15) is 11.9 Å². The molecule has 114 valence electrons. The van der Waals surface area contributed by atoms with Crippen molar-refractivity contribution >= 4 is 27.7 Å². The first-order valence-corrected chi connectivity index (χ1v) is 7.45. The fourth-order valence-corrected chi connectivity index (χ4v) is 2.40. The lowest BCUT2D eigenvalue weighted by Crippen LogP contribution is -2.55. The van der Waals surface area contributed by atoms with Crippen LogP contribution in [0.5, 0.6) is 0 Å². The summed E-state index contributed by atoms with van der Waals surface area (Å²) in [4.78, 5) is 25.9. The molecule has 2 amide bonds. The van der Waals surface area contributed by atoms with Crippen LogP contribution in [0, 0.1) is 5.82 Å². The van der Waals surface area contributed by atoms with Crippen molar-refractivity contribution in [3.05, 3.63) is 34.1 Å². The molecule has 0 spiro atoms. The van der Waals surface area contributed by atoms with E-state index in [9.17, 15) is 14.0 Å². The minimum absolute atomic E-state index is 0.149. The van der Waals surface area contributed by atoms with Crippen LogP contribution in [0.1, 0.15) is 17.3 Å². The molecule has 1 heterocycles. The third-order valence-corrected chi connectivity index (χ3v) is 3.85. The lowest BCUT2D eigenvalue weighted by atomic mass is 10.1. The Morgan fingerprint density at radius 3 is 2.95 bits per heavy atom. The number of benzene rings is 1. The number of carbonyl (C=O) groups excluding carboxylic acids is 2. The quantitative estimate of drug-likeness (QED) is 0.891. The van der Waals surface area contributed by atoms with E-state index in [1.807, 2.05) is 0 Å². The Balaban J connectivity index is 2.21. The summed E-state index contributed by atoms with van der Waals surface area (Å²) in [5.41, 5.74) is 0.215. The fourth-order valence-electron chi connectivity index (χ4n) is 2.15. The molecule has 1 atom stereocenters. The lowest BCUT2D eigenvalue weighted by molar-refractivity contribution is -0.130. The Morgan fingerprint density at radius 2 is 2.29 bits per heavy atom. The number of hydrogen-bond donors (Lipinski definition) is 1. The van der Waals surface area contributed by atoms with Crippen LogP contribution in [0.4, 0.5) is 4.39 Å². The second-order valence-corrected chi connectivity index (χ2v) is 5.47. The molecule has 1 N–H and O–H groups in total. The maximum Gasteiger partial charge on any atom is 0.254 e. The van der Waals surface area contributed by atoms with Crippen molar-refractivity contribution in [2.24, 2.45) is 0 Å². The highest BCUT2D eigenvalue weighted by molar-refractivity contribution is 9.10. The van der Waals surface area contributed by atoms with Gasteiger partial charge in [-0.2, -0.15) is 0 Å². The Hall–Kier alpha value is -1.47. The zero-order valence-corrected chi connectivity index (χ0v) is 13.2. The summed E-state index contributed by atoms with van der Waals surface area (Å²) in [5.74, 6) is -1.15. The number of halogens is 2. The predicted octanol–water partition coefficient (Wildman–Crippen LogP) is 1.57. The van der Waals surface area contributed by atoms with Gasteiger partial charge in [0.2, 0.25) is 5.91 Å². The molecular formula is C14H16BrFN2O3. The molecule has 0 radical (unpaired) electrons. The van der Waals surface area contributed by atoms with Crippen LogP contribution in [0.25, 0.3) is 0 Å². The molecule has 1 aromatic rings. The van der Waals surface area contributed by atoms with Crippen LogP contribution in [-0.2, 0) is 9.53 Å². The smallest absolute Gasteiger partial charge is 0.254 e. The average Bonchev–Trinajstić information content (AvgIpc) is 2.49. The first-order valence-electron chi connectivity index (χ1n) is 6.66. The van der Waals surface area contributed by atoms with Crippen LogP contribution in [0.15, 0.2) is 22.7 Å². The van der Waals surface area contributed by atoms with Crippen molar-refractivity contribution in [1.82, 2.24) is 10.2 Å². The number of hydrogen-bond acceptors (Lipinski definition) is 3. The van der Waals surface area contributed by atoms with Gasteiger partial charge < -0.3 is 15.0 Å². The van der Waals surface area contributed by atoms with Crippen molar-refractivity contribution in [2.45, 2.75) is 13.0 Å². The highest BCUT2D eigenvalue weighted by Crippen LogP contribution is 2.19. The minimum Gasteiger partial charge on any atom is -0.377 e. The minimum atomic E-state index is -0.682. The Bertz CT molecular complexity index is 553. The zero-order valence-electron chi connectivity index (χ0n) is 11.6. The number of amides is 2. The molecule has 0 aliphatic carbocycles. The molecule has 5 nitrogen and oxygen atoms in total. The van der Waals surface area contributed by atoms with Crippen molar-refractivity contribution in [1.29, 1.82) is 0 Å². The van der Waals surface area contributed by atoms with Crippen molar-refractivity contribution in [3.63, 3.8) is 0 Å². The molecule has 1 saturated heterocycles. The SMILES string of the molecule is CCNC(=O)C1COCCN1C(=O)c1ccc(Br)c(F)c1. The van der Waals surface area contributed by atoms with Gasteiger partial charge in [-0.1, -0.05) is 0 Å². The standard InChI is InChI=1S/C14H16BrFN2O3/c1-2-17-13(19)12-8-21-6-5-18(12)14(20)9-3-4-10(15)11(16)7-9/h3-4,7,12H,2,5-6,8H2,1H3,(H,17,19). The summed E-state index contributed by atoms with van der Waals surface area (Å²) in [5, 5.41) is 2.68. The normalized spacial score (nSPS) is 18.4. The molecule has 1 unspecified atom stereocenters. The molecule has 0 aromatic heterocycles. The van der Waals surface area contributed by atoms with Crippen molar-refractivity contribution in [3.8, 4) is 0 Å². The van der Waals surface area contributed by atoms with E-state index < -0.39 is 11.9 Å². The van der Waals surface area contributed by atoms with Gasteiger partial charge in [-0.05, 0) is 41.1 Å². The van der Waals surface area contributed by atoms with Gasteiger partial charge in [-0.25, -0.2) is 4.39 Å². The Kier molecular flexibility index (Phi) is 5.30. The van der Waals surface area contributed by atoms with Crippen molar-refractivity contribution < 1.29 is 18.7 Å². The highest BCUT2D eigenvalue weighted by Gasteiger charge is 2.33. The topological polar surface area (TPSA) is 58.6 Å². The maximum atomic E-state index is 13.6. The first kappa shape index (κ1) is 15.9. The number of nitrogens with one attached hydrogen (secondary N) is 1. The van der Waals surface area contributed by atoms with E-state index in [4.69, 9.17) is 4.74 Å². The van der Waals surface area contributed by atoms with E-state index in [0.29, 0.717) is 24.2 Å². The number of carbonyl (C=O) groups is 2. The highest BCUT2D eigenvalue weighted by atomic mass is 79.9. The molecule has 1 fully saturated rings. The molecule has 1 aliphatic rings. The van der Waals surface area contributed by atoms with Gasteiger partial charge >= 0.3 is 0 Å². The number of nitrogens with zero attached hydrogens (tertiary/aromatic N) is 1. The van der Waals surface area contributed by atoms with Crippen molar-refractivity contribution in [2.75, 3.05) is 26.3 Å². The van der Waals surface area contributed by atoms with Gasteiger partial charge in [-0.15, -0.1) is 0 Å².